The summed E-state index contributed by atoms with van der Waals surface area (Å²) in [6.07, 6.45) is 2.55. The van der Waals surface area contributed by atoms with E-state index in [4.69, 9.17) is 4.74 Å². The number of hydrogen-bond donors (Lipinski definition) is 2. The van der Waals surface area contributed by atoms with E-state index in [9.17, 15) is 8.42 Å². The molecule has 1 aromatic heterocycles. The molecule has 0 unspecified atom stereocenters. The van der Waals surface area contributed by atoms with Gasteiger partial charge in [-0.05, 0) is 47.9 Å². The van der Waals surface area contributed by atoms with Crippen LogP contribution in [0.4, 0.5) is 0 Å². The minimum Gasteiger partial charge on any atom is -0.489 e. The van der Waals surface area contributed by atoms with Crippen molar-refractivity contribution in [3.8, 4) is 5.75 Å². The molecule has 148 valence electrons. The van der Waals surface area contributed by atoms with Crippen LogP contribution >= 0.6 is 0 Å². The SMILES string of the molecule is O=S(=O)(NCCc1c[nH]c2ccccc12)c1ccc(COc2ccccc2)cc1. The number of nitrogens with one attached hydrogen (secondary N) is 2. The molecule has 29 heavy (non-hydrogen) atoms. The van der Waals surface area contributed by atoms with Crippen molar-refractivity contribution in [3.05, 3.63) is 96.2 Å². The van der Waals surface area contributed by atoms with Crippen LogP contribution in [-0.4, -0.2) is 19.9 Å². The van der Waals surface area contributed by atoms with Gasteiger partial charge in [-0.2, -0.15) is 0 Å². The number of sulfonamides is 1. The minimum atomic E-state index is -3.55. The molecule has 4 rings (SSSR count). The summed E-state index contributed by atoms with van der Waals surface area (Å²) in [5.41, 5.74) is 3.06. The van der Waals surface area contributed by atoms with Gasteiger partial charge in [-0.1, -0.05) is 48.5 Å². The van der Waals surface area contributed by atoms with Gasteiger partial charge < -0.3 is 9.72 Å². The largest absolute Gasteiger partial charge is 0.489 e. The van der Waals surface area contributed by atoms with E-state index in [0.717, 1.165) is 27.8 Å². The van der Waals surface area contributed by atoms with Gasteiger partial charge in [-0.15, -0.1) is 0 Å². The van der Waals surface area contributed by atoms with E-state index in [-0.39, 0.29) is 4.90 Å². The number of aromatic nitrogens is 1. The third-order valence-corrected chi connectivity index (χ3v) is 6.22. The van der Waals surface area contributed by atoms with Crippen molar-refractivity contribution in [2.75, 3.05) is 6.54 Å². The number of aromatic amines is 1. The molecule has 3 aromatic carbocycles. The minimum absolute atomic E-state index is 0.250. The van der Waals surface area contributed by atoms with Gasteiger partial charge in [-0.25, -0.2) is 13.1 Å². The average Bonchev–Trinajstić information content (AvgIpc) is 3.16. The molecule has 0 aliphatic heterocycles. The lowest BCUT2D eigenvalue weighted by molar-refractivity contribution is 0.306. The predicted octanol–water partition coefficient (Wildman–Crippen LogP) is 4.27. The molecule has 0 amide bonds. The van der Waals surface area contributed by atoms with Gasteiger partial charge in [-0.3, -0.25) is 0 Å². The number of para-hydroxylation sites is 2. The summed E-state index contributed by atoms with van der Waals surface area (Å²) in [5, 5.41) is 1.12. The lowest BCUT2D eigenvalue weighted by Crippen LogP contribution is -2.26. The third kappa shape index (κ3) is 4.67. The summed E-state index contributed by atoms with van der Waals surface area (Å²) in [7, 11) is -3.55. The molecule has 1 heterocycles. The Bertz CT molecular complexity index is 1180. The van der Waals surface area contributed by atoms with Crippen LogP contribution in [0.25, 0.3) is 10.9 Å². The standard InChI is InChI=1S/C23H22N2O3S/c26-29(27,25-15-14-19-16-24-23-9-5-4-8-22(19)23)21-12-10-18(11-13-21)17-28-20-6-2-1-3-7-20/h1-13,16,24-25H,14-15,17H2. The molecule has 0 atom stereocenters. The molecular weight excluding hydrogens is 384 g/mol. The van der Waals surface area contributed by atoms with E-state index in [0.29, 0.717) is 19.6 Å². The Balaban J connectivity index is 1.34. The molecule has 6 heteroatoms. The molecule has 5 nitrogen and oxygen atoms in total. The van der Waals surface area contributed by atoms with Crippen LogP contribution in [0.5, 0.6) is 5.75 Å². The van der Waals surface area contributed by atoms with Gasteiger partial charge >= 0.3 is 0 Å². The van der Waals surface area contributed by atoms with Crippen LogP contribution in [0.2, 0.25) is 0 Å². The average molecular weight is 407 g/mol. The maximum atomic E-state index is 12.6. The van der Waals surface area contributed by atoms with E-state index < -0.39 is 10.0 Å². The molecule has 4 aromatic rings. The second-order valence-corrected chi connectivity index (χ2v) is 8.52. The first-order chi connectivity index (χ1) is 14.1. The Hall–Kier alpha value is -3.09. The third-order valence-electron chi connectivity index (χ3n) is 4.74. The zero-order chi connectivity index (χ0) is 20.1. The highest BCUT2D eigenvalue weighted by molar-refractivity contribution is 7.89. The second-order valence-electron chi connectivity index (χ2n) is 6.75. The molecule has 0 saturated carbocycles. The van der Waals surface area contributed by atoms with Crippen molar-refractivity contribution < 1.29 is 13.2 Å². The van der Waals surface area contributed by atoms with Crippen molar-refractivity contribution in [2.45, 2.75) is 17.9 Å². The fraction of sp³-hybridized carbons (Fsp3) is 0.130. The van der Waals surface area contributed by atoms with Gasteiger partial charge in [0.2, 0.25) is 10.0 Å². The number of benzene rings is 3. The fourth-order valence-electron chi connectivity index (χ4n) is 3.19. The van der Waals surface area contributed by atoms with E-state index in [2.05, 4.69) is 9.71 Å². The van der Waals surface area contributed by atoms with Gasteiger partial charge in [0.1, 0.15) is 12.4 Å². The van der Waals surface area contributed by atoms with Crippen LogP contribution in [-0.2, 0) is 23.1 Å². The molecule has 0 spiro atoms. The van der Waals surface area contributed by atoms with Gasteiger partial charge in [0.25, 0.3) is 0 Å². The first-order valence-electron chi connectivity index (χ1n) is 9.43. The number of rotatable bonds is 8. The summed E-state index contributed by atoms with van der Waals surface area (Å²) in [6.45, 7) is 0.724. The second kappa shape index (κ2) is 8.51. The maximum Gasteiger partial charge on any atom is 0.240 e. The summed E-state index contributed by atoms with van der Waals surface area (Å²) < 4.78 is 33.5. The first-order valence-corrected chi connectivity index (χ1v) is 10.9. The van der Waals surface area contributed by atoms with Crippen molar-refractivity contribution in [1.82, 2.24) is 9.71 Å². The molecule has 0 aliphatic rings. The van der Waals surface area contributed by atoms with Gasteiger partial charge in [0, 0.05) is 23.6 Å². The zero-order valence-corrected chi connectivity index (χ0v) is 16.7. The quantitative estimate of drug-likeness (QED) is 0.459. The van der Waals surface area contributed by atoms with Gasteiger partial charge in [0.05, 0.1) is 4.90 Å². The molecule has 0 aliphatic carbocycles. The topological polar surface area (TPSA) is 71.2 Å². The highest BCUT2D eigenvalue weighted by Gasteiger charge is 2.14. The highest BCUT2D eigenvalue weighted by atomic mass is 32.2. The van der Waals surface area contributed by atoms with Crippen molar-refractivity contribution in [3.63, 3.8) is 0 Å². The van der Waals surface area contributed by atoms with Crippen LogP contribution in [0.3, 0.4) is 0 Å². The van der Waals surface area contributed by atoms with E-state index in [1.54, 1.807) is 24.3 Å². The Kier molecular flexibility index (Phi) is 5.64. The van der Waals surface area contributed by atoms with Crippen molar-refractivity contribution >= 4 is 20.9 Å². The Labute approximate surface area is 170 Å². The Morgan fingerprint density at radius 2 is 1.59 bits per heavy atom. The number of ether oxygens (including phenoxy) is 1. The summed E-state index contributed by atoms with van der Waals surface area (Å²) >= 11 is 0. The van der Waals surface area contributed by atoms with Crippen LogP contribution in [0.1, 0.15) is 11.1 Å². The Morgan fingerprint density at radius 3 is 2.38 bits per heavy atom. The summed E-state index contributed by atoms with van der Waals surface area (Å²) in [4.78, 5) is 3.46. The summed E-state index contributed by atoms with van der Waals surface area (Å²) in [5.74, 6) is 0.781. The van der Waals surface area contributed by atoms with E-state index in [1.807, 2.05) is 60.8 Å². The molecule has 0 radical (unpaired) electrons. The molecule has 0 bridgehead atoms. The van der Waals surface area contributed by atoms with Crippen LogP contribution < -0.4 is 9.46 Å². The monoisotopic (exact) mass is 406 g/mol. The van der Waals surface area contributed by atoms with E-state index >= 15 is 0 Å². The molecule has 0 saturated heterocycles. The number of fused-ring (bicyclic) bond motifs is 1. The lowest BCUT2D eigenvalue weighted by Gasteiger charge is -2.09. The molecular formula is C23H22N2O3S. The predicted molar refractivity (Wildman–Crippen MR) is 114 cm³/mol. The fourth-order valence-corrected chi connectivity index (χ4v) is 4.22. The zero-order valence-electron chi connectivity index (χ0n) is 15.8. The normalized spacial score (nSPS) is 11.6. The number of H-pyrrole nitrogens is 1. The van der Waals surface area contributed by atoms with Crippen LogP contribution in [0.15, 0.2) is 90.0 Å². The lowest BCUT2D eigenvalue weighted by atomic mass is 10.1. The number of hydrogen-bond acceptors (Lipinski definition) is 3. The van der Waals surface area contributed by atoms with Crippen molar-refractivity contribution in [1.29, 1.82) is 0 Å². The van der Waals surface area contributed by atoms with Crippen molar-refractivity contribution in [2.24, 2.45) is 0 Å². The Morgan fingerprint density at radius 1 is 0.862 bits per heavy atom. The molecule has 2 N–H and O–H groups in total. The maximum absolute atomic E-state index is 12.6. The first kappa shape index (κ1) is 19.2. The van der Waals surface area contributed by atoms with E-state index in [1.165, 1.54) is 0 Å². The summed E-state index contributed by atoms with van der Waals surface area (Å²) in [6, 6.07) is 24.3. The van der Waals surface area contributed by atoms with Crippen LogP contribution in [0, 0.1) is 0 Å². The molecule has 0 fully saturated rings. The highest BCUT2D eigenvalue weighted by Crippen LogP contribution is 2.18. The van der Waals surface area contributed by atoms with Gasteiger partial charge in [0.15, 0.2) is 0 Å². The smallest absolute Gasteiger partial charge is 0.240 e.